The van der Waals surface area contributed by atoms with E-state index in [4.69, 9.17) is 0 Å². The Labute approximate surface area is 242 Å². The molecule has 6 rings (SSSR count). The van der Waals surface area contributed by atoms with E-state index in [1.165, 1.54) is 18.3 Å². The number of nitrogens with zero attached hydrogens (tertiary/aromatic N) is 4. The molecule has 7 nitrogen and oxygen atoms in total. The van der Waals surface area contributed by atoms with Crippen molar-refractivity contribution in [3.63, 3.8) is 0 Å². The third-order valence-corrected chi connectivity index (χ3v) is 7.99. The molecule has 2 fully saturated rings. The van der Waals surface area contributed by atoms with Gasteiger partial charge in [0.2, 0.25) is 0 Å². The number of aromatic nitrogens is 2. The molecule has 2 aromatic carbocycles. The van der Waals surface area contributed by atoms with Crippen LogP contribution in [0.1, 0.15) is 46.4 Å². The lowest BCUT2D eigenvalue weighted by Crippen LogP contribution is -2.51. The van der Waals surface area contributed by atoms with Crippen LogP contribution in [0.2, 0.25) is 0 Å². The van der Waals surface area contributed by atoms with Crippen LogP contribution in [0.4, 0.5) is 22.0 Å². The molecule has 2 saturated heterocycles. The van der Waals surface area contributed by atoms with Crippen LogP contribution in [0.5, 0.6) is 0 Å². The van der Waals surface area contributed by atoms with E-state index in [1.807, 2.05) is 6.07 Å². The highest BCUT2D eigenvalue weighted by atomic mass is 19.4. The van der Waals surface area contributed by atoms with Crippen molar-refractivity contribution in [1.82, 2.24) is 19.4 Å². The summed E-state index contributed by atoms with van der Waals surface area (Å²) in [6.07, 6.45) is -1.61. The molecule has 0 bridgehead atoms. The van der Waals surface area contributed by atoms with Crippen molar-refractivity contribution in [2.45, 2.75) is 38.2 Å². The number of piperidine rings is 1. The lowest BCUT2D eigenvalue weighted by atomic mass is 9.95. The predicted molar refractivity (Wildman–Crippen MR) is 149 cm³/mol. The van der Waals surface area contributed by atoms with Crippen molar-refractivity contribution in [2.24, 2.45) is 0 Å². The van der Waals surface area contributed by atoms with Gasteiger partial charge in [0.15, 0.2) is 0 Å². The number of carbonyl (C=O) groups is 1. The molecule has 2 aliphatic rings. The van der Waals surface area contributed by atoms with Crippen molar-refractivity contribution in [3.8, 4) is 22.9 Å². The summed E-state index contributed by atoms with van der Waals surface area (Å²) in [4.78, 5) is 33.2. The molecule has 1 amide bonds. The van der Waals surface area contributed by atoms with Crippen LogP contribution in [-0.2, 0) is 12.7 Å². The zero-order valence-corrected chi connectivity index (χ0v) is 22.8. The Kier molecular flexibility index (Phi) is 7.30. The molecule has 0 saturated carbocycles. The molecule has 0 unspecified atom stereocenters. The van der Waals surface area contributed by atoms with E-state index in [-0.39, 0.29) is 46.5 Å². The first-order chi connectivity index (χ1) is 20.5. The number of hydrogen-bond acceptors (Lipinski definition) is 4. The Hall–Kier alpha value is -4.50. The minimum Gasteiger partial charge on any atom is -0.353 e. The summed E-state index contributed by atoms with van der Waals surface area (Å²) in [7, 11) is 0. The summed E-state index contributed by atoms with van der Waals surface area (Å²) in [6.45, 7) is 1.93. The monoisotopic (exact) mass is 595 g/mol. The Bertz CT molecular complexity index is 1830. The van der Waals surface area contributed by atoms with Crippen molar-refractivity contribution in [1.29, 1.82) is 5.26 Å². The van der Waals surface area contributed by atoms with E-state index in [0.29, 0.717) is 17.6 Å². The summed E-state index contributed by atoms with van der Waals surface area (Å²) < 4.78 is 71.0. The Morgan fingerprint density at radius 1 is 1.05 bits per heavy atom. The van der Waals surface area contributed by atoms with Gasteiger partial charge in [-0.3, -0.25) is 19.1 Å². The lowest BCUT2D eigenvalue weighted by Gasteiger charge is -2.34. The van der Waals surface area contributed by atoms with Gasteiger partial charge >= 0.3 is 6.18 Å². The molecule has 0 spiro atoms. The van der Waals surface area contributed by atoms with Crippen molar-refractivity contribution in [2.75, 3.05) is 26.2 Å². The molecule has 4 aromatic rings. The number of aromatic amines is 1. The predicted octanol–water partition coefficient (Wildman–Crippen LogP) is 5.80. The first-order valence-corrected chi connectivity index (χ1v) is 13.9. The minimum absolute atomic E-state index is 0.0145. The Morgan fingerprint density at radius 3 is 2.47 bits per heavy atom. The largest absolute Gasteiger partial charge is 0.416 e. The number of alkyl halides is 4. The van der Waals surface area contributed by atoms with Gasteiger partial charge in [-0.2, -0.15) is 18.4 Å². The van der Waals surface area contributed by atoms with Crippen LogP contribution in [-0.4, -0.2) is 57.6 Å². The smallest absolute Gasteiger partial charge is 0.353 e. The fourth-order valence-electron chi connectivity index (χ4n) is 5.77. The first kappa shape index (κ1) is 28.6. The van der Waals surface area contributed by atoms with Crippen LogP contribution in [0.15, 0.2) is 53.5 Å². The lowest BCUT2D eigenvalue weighted by molar-refractivity contribution is -0.137. The van der Waals surface area contributed by atoms with Gasteiger partial charge in [-0.05, 0) is 73.5 Å². The average Bonchev–Trinajstić information content (AvgIpc) is 3.39. The fraction of sp³-hybridized carbons (Fsp3) is 0.323. The standard InChI is InChI=1S/C31H26F5N5O2/c32-21-4-5-25(27(11-21)29(42)40-15-22(33)16-40)18-8-20(31(34,35)36)10-24(9-18)41-14-19(13-37)26-12-23(38-28(26)30(41)43)17-39-6-2-1-3-7-39/h4-5,8-12,14,22,38H,1-3,6-7,15-17H2. The van der Waals surface area contributed by atoms with Crippen molar-refractivity contribution in [3.05, 3.63) is 87.2 Å². The number of halogens is 5. The number of nitriles is 1. The van der Waals surface area contributed by atoms with Gasteiger partial charge in [-0.25, -0.2) is 8.78 Å². The number of rotatable bonds is 5. The second kappa shape index (κ2) is 11.0. The topological polar surface area (TPSA) is 85.1 Å². The fourth-order valence-corrected chi connectivity index (χ4v) is 5.77. The molecule has 0 aliphatic carbocycles. The quantitative estimate of drug-likeness (QED) is 0.296. The van der Waals surface area contributed by atoms with Gasteiger partial charge in [-0.15, -0.1) is 0 Å². The van der Waals surface area contributed by atoms with Gasteiger partial charge in [0.25, 0.3) is 11.5 Å². The van der Waals surface area contributed by atoms with Crippen molar-refractivity contribution >= 4 is 16.8 Å². The molecule has 12 heteroatoms. The summed E-state index contributed by atoms with van der Waals surface area (Å²) in [6, 6.07) is 9.71. The average molecular weight is 596 g/mol. The third-order valence-electron chi connectivity index (χ3n) is 7.99. The van der Waals surface area contributed by atoms with E-state index < -0.39 is 35.2 Å². The SMILES string of the molecule is N#Cc1cn(-c2cc(-c3ccc(F)cc3C(=O)N3CC(F)C3)cc(C(F)(F)F)c2)c(=O)c2[nH]c(CN3CCCCC3)cc12. The molecule has 1 N–H and O–H groups in total. The van der Waals surface area contributed by atoms with E-state index in [0.717, 1.165) is 66.1 Å². The number of hydrogen-bond donors (Lipinski definition) is 1. The second-order valence-electron chi connectivity index (χ2n) is 11.0. The summed E-state index contributed by atoms with van der Waals surface area (Å²) >= 11 is 0. The molecule has 222 valence electrons. The van der Waals surface area contributed by atoms with Gasteiger partial charge < -0.3 is 9.88 Å². The van der Waals surface area contributed by atoms with E-state index in [2.05, 4.69) is 9.88 Å². The molecule has 4 heterocycles. The third kappa shape index (κ3) is 5.52. The molecule has 0 radical (unpaired) electrons. The van der Waals surface area contributed by atoms with Gasteiger partial charge in [-0.1, -0.05) is 12.5 Å². The molecular weight excluding hydrogens is 569 g/mol. The van der Waals surface area contributed by atoms with Crippen LogP contribution < -0.4 is 5.56 Å². The van der Waals surface area contributed by atoms with Crippen LogP contribution >= 0.6 is 0 Å². The molecule has 2 aliphatic heterocycles. The van der Waals surface area contributed by atoms with Gasteiger partial charge in [0, 0.05) is 29.5 Å². The molecule has 43 heavy (non-hydrogen) atoms. The maximum atomic E-state index is 14.2. The van der Waals surface area contributed by atoms with E-state index in [9.17, 15) is 36.8 Å². The molecule has 0 atom stereocenters. The van der Waals surface area contributed by atoms with Gasteiger partial charge in [0.1, 0.15) is 23.6 Å². The highest BCUT2D eigenvalue weighted by Gasteiger charge is 2.34. The Morgan fingerprint density at radius 2 is 1.79 bits per heavy atom. The van der Waals surface area contributed by atoms with Crippen LogP contribution in [0.3, 0.4) is 0 Å². The maximum absolute atomic E-state index is 14.2. The second-order valence-corrected chi connectivity index (χ2v) is 11.0. The normalized spacial score (nSPS) is 16.3. The Balaban J connectivity index is 1.49. The van der Waals surface area contributed by atoms with E-state index in [1.54, 1.807) is 6.07 Å². The van der Waals surface area contributed by atoms with Crippen molar-refractivity contribution < 1.29 is 26.7 Å². The number of H-pyrrole nitrogens is 1. The number of nitrogens with one attached hydrogen (secondary N) is 1. The number of carbonyl (C=O) groups excluding carboxylic acids is 1. The van der Waals surface area contributed by atoms with E-state index >= 15 is 0 Å². The van der Waals surface area contributed by atoms with Crippen LogP contribution in [0, 0.1) is 17.1 Å². The molecule has 2 aromatic heterocycles. The summed E-state index contributed by atoms with van der Waals surface area (Å²) in [5.74, 6) is -1.51. The maximum Gasteiger partial charge on any atom is 0.416 e. The van der Waals surface area contributed by atoms with Gasteiger partial charge in [0.05, 0.1) is 29.8 Å². The molecular formula is C31H26F5N5O2. The minimum atomic E-state index is -4.84. The number of benzene rings is 2. The zero-order chi connectivity index (χ0) is 30.5. The highest BCUT2D eigenvalue weighted by molar-refractivity contribution is 6.01. The number of pyridine rings is 1. The summed E-state index contributed by atoms with van der Waals surface area (Å²) in [5.41, 5.74) is -1.43. The first-order valence-electron chi connectivity index (χ1n) is 13.9. The highest BCUT2D eigenvalue weighted by Crippen LogP contribution is 2.36. The summed E-state index contributed by atoms with van der Waals surface area (Å²) in [5, 5.41) is 10.3. The number of amides is 1. The number of likely N-dealkylation sites (tertiary alicyclic amines) is 2. The number of fused-ring (bicyclic) bond motifs is 1. The van der Waals surface area contributed by atoms with Crippen LogP contribution in [0.25, 0.3) is 27.7 Å². The zero-order valence-electron chi connectivity index (χ0n) is 22.8.